The first-order valence-corrected chi connectivity index (χ1v) is 20.2. The van der Waals surface area contributed by atoms with Crippen LogP contribution < -0.4 is 5.32 Å². The number of benzene rings is 2. The number of anilines is 1. The number of hydrogen-bond acceptors (Lipinski definition) is 15. The van der Waals surface area contributed by atoms with E-state index in [4.69, 9.17) is 18.9 Å². The van der Waals surface area contributed by atoms with Crippen LogP contribution in [0, 0.1) is 5.92 Å². The maximum absolute atomic E-state index is 14.4. The number of hydrogen-bond donors (Lipinski definition) is 4. The van der Waals surface area contributed by atoms with Crippen molar-refractivity contribution in [2.24, 2.45) is 5.92 Å². The van der Waals surface area contributed by atoms with Gasteiger partial charge in [-0.3, -0.25) is 24.1 Å². The van der Waals surface area contributed by atoms with Gasteiger partial charge in [-0.15, -0.1) is 0 Å². The predicted octanol–water partition coefficient (Wildman–Crippen LogP) is 3.78. The molecule has 0 bridgehead atoms. The number of ketones is 3. The summed E-state index contributed by atoms with van der Waals surface area (Å²) < 4.78 is 24.7. The molecular formula is C38H39N3O11S2. The molecule has 284 valence electrons. The number of aromatic nitrogens is 1. The third kappa shape index (κ3) is 6.72. The predicted molar refractivity (Wildman–Crippen MR) is 196 cm³/mol. The Morgan fingerprint density at radius 2 is 1.87 bits per heavy atom. The number of nitrogens with zero attached hydrogens (tertiary/aromatic N) is 2. The molecule has 0 saturated carbocycles. The Bertz CT molecular complexity index is 2000. The number of carbonyl (C=O) groups is 4. The maximum atomic E-state index is 14.4. The van der Waals surface area contributed by atoms with Crippen molar-refractivity contribution in [1.29, 1.82) is 0 Å². The zero-order valence-electron chi connectivity index (χ0n) is 29.3. The molecule has 8 rings (SSSR count). The largest absolute Gasteiger partial charge is 0.507 e. The lowest BCUT2D eigenvalue weighted by molar-refractivity contribution is -0.243. The fraction of sp³-hybridized carbons (Fsp3) is 0.447. The van der Waals surface area contributed by atoms with Gasteiger partial charge in [0, 0.05) is 60.0 Å². The molecule has 4 N–H and O–H groups in total. The summed E-state index contributed by atoms with van der Waals surface area (Å²) in [5.74, 6) is -3.81. The van der Waals surface area contributed by atoms with Crippen molar-refractivity contribution in [2.75, 3.05) is 37.4 Å². The van der Waals surface area contributed by atoms with Gasteiger partial charge in [0.1, 0.15) is 35.5 Å². The van der Waals surface area contributed by atoms with Crippen LogP contribution in [0.5, 0.6) is 11.5 Å². The summed E-state index contributed by atoms with van der Waals surface area (Å²) in [5.41, 5.74) is -0.695. The Balaban J connectivity index is 1.08. The number of rotatable bonds is 10. The number of pyridine rings is 1. The molecule has 1 aromatic heterocycles. The number of aliphatic hydroxyl groups excluding tert-OH is 1. The fourth-order valence-electron chi connectivity index (χ4n) is 8.27. The number of nitrogens with one attached hydrogen (secondary N) is 1. The van der Waals surface area contributed by atoms with E-state index in [0.29, 0.717) is 31.9 Å². The number of ether oxygens (including phenoxy) is 4. The second kappa shape index (κ2) is 15.3. The Labute approximate surface area is 318 Å². The van der Waals surface area contributed by atoms with Crippen LogP contribution in [0.15, 0.2) is 47.6 Å². The van der Waals surface area contributed by atoms with Crippen LogP contribution in [-0.2, 0) is 35.0 Å². The highest BCUT2D eigenvalue weighted by Gasteiger charge is 2.51. The van der Waals surface area contributed by atoms with E-state index in [-0.39, 0.29) is 77.6 Å². The van der Waals surface area contributed by atoms with Crippen LogP contribution in [0.25, 0.3) is 0 Å². The van der Waals surface area contributed by atoms with Gasteiger partial charge in [-0.1, -0.05) is 29.0 Å². The number of Topliss-reactive ketones (excluding diaryl/α,β-unsaturated/α-hetero) is 1. The van der Waals surface area contributed by atoms with Crippen LogP contribution in [0.1, 0.15) is 75.3 Å². The third-order valence-corrected chi connectivity index (χ3v) is 13.0. The first kappa shape index (κ1) is 37.1. The zero-order chi connectivity index (χ0) is 37.7. The van der Waals surface area contributed by atoms with Crippen molar-refractivity contribution < 1.29 is 53.4 Å². The number of morpholine rings is 1. The number of phenols is 2. The van der Waals surface area contributed by atoms with E-state index < -0.39 is 64.9 Å². The summed E-state index contributed by atoms with van der Waals surface area (Å²) in [7, 11) is 2.88. The van der Waals surface area contributed by atoms with Gasteiger partial charge in [-0.2, -0.15) is 0 Å². The molecule has 7 atom stereocenters. The SMILES string of the molecule is C[C@@H]1O[C@@H](O[C@H]2C[C@H](C(=O)CO)Cc3c(O)c4c(c(O)c32)C(=O)c2c(NC(=O)CCSSc3ccccn3)cccc2C4=O)C[C@H]2[C@@H]1O[C@@H]1COCCN12. The monoisotopic (exact) mass is 777 g/mol. The van der Waals surface area contributed by atoms with E-state index in [0.717, 1.165) is 5.03 Å². The summed E-state index contributed by atoms with van der Waals surface area (Å²) in [5, 5.41) is 37.1. The summed E-state index contributed by atoms with van der Waals surface area (Å²) in [6, 6.07) is 9.97. The van der Waals surface area contributed by atoms with Crippen LogP contribution in [-0.4, -0.2) is 111 Å². The van der Waals surface area contributed by atoms with E-state index in [1.807, 2.05) is 25.1 Å². The molecule has 1 amide bonds. The first-order chi connectivity index (χ1) is 26.1. The average molecular weight is 778 g/mol. The first-order valence-electron chi connectivity index (χ1n) is 17.9. The van der Waals surface area contributed by atoms with Crippen molar-refractivity contribution in [2.45, 2.75) is 74.5 Å². The van der Waals surface area contributed by atoms with Gasteiger partial charge in [0.15, 0.2) is 23.6 Å². The quantitative estimate of drug-likeness (QED) is 0.103. The van der Waals surface area contributed by atoms with Crippen molar-refractivity contribution in [1.82, 2.24) is 9.88 Å². The molecule has 0 unspecified atom stereocenters. The topological polar surface area (TPSA) is 194 Å². The Morgan fingerprint density at radius 1 is 1.04 bits per heavy atom. The molecule has 54 heavy (non-hydrogen) atoms. The lowest BCUT2D eigenvalue weighted by Gasteiger charge is -2.41. The number of carbonyl (C=O) groups excluding carboxylic acids is 4. The molecule has 14 nitrogen and oxygen atoms in total. The maximum Gasteiger partial charge on any atom is 0.225 e. The normalized spacial score (nSPS) is 27.3. The van der Waals surface area contributed by atoms with Gasteiger partial charge in [-0.25, -0.2) is 4.98 Å². The van der Waals surface area contributed by atoms with Gasteiger partial charge in [0.2, 0.25) is 5.91 Å². The summed E-state index contributed by atoms with van der Waals surface area (Å²) >= 11 is 0. The van der Waals surface area contributed by atoms with Crippen molar-refractivity contribution >= 4 is 50.5 Å². The van der Waals surface area contributed by atoms with Gasteiger partial charge in [0.05, 0.1) is 47.8 Å². The van der Waals surface area contributed by atoms with Gasteiger partial charge in [-0.05, 0) is 48.8 Å². The van der Waals surface area contributed by atoms with Crippen LogP contribution >= 0.6 is 21.6 Å². The average Bonchev–Trinajstić information content (AvgIpc) is 3.56. The second-order valence-electron chi connectivity index (χ2n) is 13.9. The van der Waals surface area contributed by atoms with Crippen molar-refractivity contribution in [3.05, 3.63) is 76.0 Å². The fourth-order valence-corrected chi connectivity index (χ4v) is 10.1. The summed E-state index contributed by atoms with van der Waals surface area (Å²) in [4.78, 5) is 60.9. The number of fused-ring (bicyclic) bond motifs is 6. The van der Waals surface area contributed by atoms with Crippen molar-refractivity contribution in [3.8, 4) is 11.5 Å². The van der Waals surface area contributed by atoms with Crippen LogP contribution in [0.4, 0.5) is 5.69 Å². The highest BCUT2D eigenvalue weighted by atomic mass is 33.1. The van der Waals surface area contributed by atoms with E-state index in [1.165, 1.54) is 39.8 Å². The highest BCUT2D eigenvalue weighted by molar-refractivity contribution is 8.76. The Morgan fingerprint density at radius 3 is 2.67 bits per heavy atom. The van der Waals surface area contributed by atoms with E-state index in [2.05, 4.69) is 15.2 Å². The highest BCUT2D eigenvalue weighted by Crippen LogP contribution is 2.52. The van der Waals surface area contributed by atoms with Gasteiger partial charge < -0.3 is 39.6 Å². The number of amides is 1. The number of aliphatic hydroxyl groups is 1. The van der Waals surface area contributed by atoms with Gasteiger partial charge in [0.25, 0.3) is 0 Å². The van der Waals surface area contributed by atoms with Crippen LogP contribution in [0.2, 0.25) is 0 Å². The Kier molecular flexibility index (Phi) is 10.5. The molecule has 2 aromatic carbocycles. The lowest BCUT2D eigenvalue weighted by atomic mass is 9.73. The summed E-state index contributed by atoms with van der Waals surface area (Å²) in [6.45, 7) is 2.82. The van der Waals surface area contributed by atoms with Crippen LogP contribution in [0.3, 0.4) is 0 Å². The minimum Gasteiger partial charge on any atom is -0.507 e. The van der Waals surface area contributed by atoms with Gasteiger partial charge >= 0.3 is 0 Å². The number of aromatic hydroxyl groups is 2. The number of phenolic OH excluding ortho intramolecular Hbond substituents is 2. The lowest BCUT2D eigenvalue weighted by Crippen LogP contribution is -2.52. The third-order valence-electron chi connectivity index (χ3n) is 10.8. The standard InChI is InChI=1S/C38H39N3O11S2/c1-18-38-23(41-10-11-49-17-28(41)52-38)15-29(50-18)51-25-14-19(24(43)16-42)13-21-31(25)37(48)33-32(35(21)46)34(45)20-5-4-6-22(30(20)36(33)47)40-26(44)8-12-53-54-27-7-2-3-9-39-27/h2-7,9,18-19,23,25,28-29,38,42,46,48H,8,10-17H2,1H3,(H,40,44)/t18-,19+,23-,25-,28+,29-,38+/m0/s1. The Hall–Kier alpha value is -3.87. The van der Waals surface area contributed by atoms with E-state index >= 15 is 0 Å². The molecule has 4 heterocycles. The zero-order valence-corrected chi connectivity index (χ0v) is 30.9. The molecule has 3 aliphatic heterocycles. The molecule has 2 aliphatic carbocycles. The molecule has 3 aromatic rings. The molecular weight excluding hydrogens is 739 g/mol. The molecule has 0 spiro atoms. The van der Waals surface area contributed by atoms with E-state index in [1.54, 1.807) is 6.20 Å². The molecule has 3 fully saturated rings. The molecule has 16 heteroatoms. The second-order valence-corrected chi connectivity index (χ2v) is 16.4. The molecule has 3 saturated heterocycles. The van der Waals surface area contributed by atoms with E-state index in [9.17, 15) is 34.5 Å². The molecule has 5 aliphatic rings. The molecule has 0 radical (unpaired) electrons. The van der Waals surface area contributed by atoms with Crippen molar-refractivity contribution in [3.63, 3.8) is 0 Å². The minimum absolute atomic E-state index is 0.0217. The summed E-state index contributed by atoms with van der Waals surface area (Å²) in [6.07, 6.45) is -0.534. The smallest absolute Gasteiger partial charge is 0.225 e. The minimum atomic E-state index is -1.05.